The van der Waals surface area contributed by atoms with Gasteiger partial charge in [-0.3, -0.25) is 9.59 Å². The van der Waals surface area contributed by atoms with Gasteiger partial charge in [-0.25, -0.2) is 0 Å². The lowest BCUT2D eigenvalue weighted by Crippen LogP contribution is -2.58. The van der Waals surface area contributed by atoms with Crippen LogP contribution < -0.4 is 0 Å². The van der Waals surface area contributed by atoms with Gasteiger partial charge in [-0.05, 0) is 43.7 Å². The zero-order valence-electron chi connectivity index (χ0n) is 17.1. The van der Waals surface area contributed by atoms with Crippen LogP contribution in [0.5, 0.6) is 0 Å². The summed E-state index contributed by atoms with van der Waals surface area (Å²) in [6.07, 6.45) is 4.41. The van der Waals surface area contributed by atoms with E-state index in [1.807, 2.05) is 36.9 Å². The average Bonchev–Trinajstić information content (AvgIpc) is 2.51. The minimum Gasteiger partial charge on any atom is -0.310 e. The van der Waals surface area contributed by atoms with E-state index in [4.69, 9.17) is 0 Å². The van der Waals surface area contributed by atoms with Crippen LogP contribution in [0.4, 0.5) is 0 Å². The summed E-state index contributed by atoms with van der Waals surface area (Å²) < 4.78 is 0. The fraction of sp³-hybridized carbons (Fsp3) is 0.545. The third-order valence-electron chi connectivity index (χ3n) is 4.67. The summed E-state index contributed by atoms with van der Waals surface area (Å²) in [5, 5.41) is 0. The van der Waals surface area contributed by atoms with Crippen molar-refractivity contribution in [3.05, 3.63) is 48.3 Å². The Morgan fingerprint density at radius 1 is 1.04 bits per heavy atom. The second kappa shape index (κ2) is 7.26. The van der Waals surface area contributed by atoms with Gasteiger partial charge >= 0.3 is 0 Å². The molecule has 0 aromatic heterocycles. The van der Waals surface area contributed by atoms with Crippen LogP contribution in [0.1, 0.15) is 65.2 Å². The van der Waals surface area contributed by atoms with Crippen molar-refractivity contribution in [3.8, 4) is 0 Å². The Morgan fingerprint density at radius 3 is 2.12 bits per heavy atom. The molecule has 1 atom stereocenters. The Kier molecular flexibility index (Phi) is 5.64. The highest BCUT2D eigenvalue weighted by molar-refractivity contribution is 5.99. The molecule has 0 N–H and O–H groups in total. The molecule has 0 saturated carbocycles. The van der Waals surface area contributed by atoms with Gasteiger partial charge in [-0.2, -0.15) is 0 Å². The molecular formula is C22H32N2O2. The molecule has 1 aromatic carbocycles. The molecular weight excluding hydrogens is 324 g/mol. The van der Waals surface area contributed by atoms with Gasteiger partial charge in [0.1, 0.15) is 6.04 Å². The van der Waals surface area contributed by atoms with E-state index in [1.165, 1.54) is 0 Å². The van der Waals surface area contributed by atoms with Crippen LogP contribution in [0, 0.1) is 11.3 Å². The van der Waals surface area contributed by atoms with Gasteiger partial charge in [-0.15, -0.1) is 0 Å². The van der Waals surface area contributed by atoms with Gasteiger partial charge in [0.2, 0.25) is 0 Å². The average molecular weight is 357 g/mol. The molecule has 1 aliphatic rings. The van der Waals surface area contributed by atoms with Crippen molar-refractivity contribution in [1.82, 2.24) is 9.80 Å². The summed E-state index contributed by atoms with van der Waals surface area (Å²) in [6, 6.07) is 8.64. The quantitative estimate of drug-likeness (QED) is 0.786. The zero-order valence-corrected chi connectivity index (χ0v) is 17.1. The fourth-order valence-electron chi connectivity index (χ4n) is 3.98. The minimum absolute atomic E-state index is 0.0129. The topological polar surface area (TPSA) is 40.6 Å². The maximum atomic E-state index is 13.3. The molecule has 4 nitrogen and oxygen atoms in total. The van der Waals surface area contributed by atoms with Crippen molar-refractivity contribution in [2.45, 2.75) is 66.5 Å². The zero-order chi connectivity index (χ0) is 19.7. The summed E-state index contributed by atoms with van der Waals surface area (Å²) >= 11 is 0. The number of rotatable bonds is 4. The van der Waals surface area contributed by atoms with Crippen molar-refractivity contribution in [1.29, 1.82) is 0 Å². The standard InChI is InChI=1S/C22H32N2O2/c1-16(2)18-20(26)24(22(6,7)15-21(3,4)5)14-13-23(18)19(25)17-11-9-8-10-12-17/h8-14,16,18H,15H2,1-7H3. The summed E-state index contributed by atoms with van der Waals surface area (Å²) in [4.78, 5) is 29.7. The second-order valence-corrected chi connectivity index (χ2v) is 9.32. The molecule has 2 rings (SSSR count). The third-order valence-corrected chi connectivity index (χ3v) is 4.67. The molecule has 0 saturated heterocycles. The molecule has 26 heavy (non-hydrogen) atoms. The molecule has 0 aliphatic carbocycles. The third kappa shape index (κ3) is 4.35. The van der Waals surface area contributed by atoms with Crippen molar-refractivity contribution in [3.63, 3.8) is 0 Å². The van der Waals surface area contributed by atoms with Gasteiger partial charge in [0.05, 0.1) is 0 Å². The predicted octanol–water partition coefficient (Wildman–Crippen LogP) is 4.68. The number of hydrogen-bond acceptors (Lipinski definition) is 2. The molecule has 1 heterocycles. The Hall–Kier alpha value is -2.10. The first-order chi connectivity index (χ1) is 11.9. The molecule has 0 fully saturated rings. The summed E-state index contributed by atoms with van der Waals surface area (Å²) in [7, 11) is 0. The lowest BCUT2D eigenvalue weighted by molar-refractivity contribution is -0.141. The van der Waals surface area contributed by atoms with E-state index in [0.29, 0.717) is 5.56 Å². The van der Waals surface area contributed by atoms with Gasteiger partial charge in [0.25, 0.3) is 11.8 Å². The molecule has 1 unspecified atom stereocenters. The van der Waals surface area contributed by atoms with E-state index in [1.54, 1.807) is 29.4 Å². The number of nitrogens with zero attached hydrogens (tertiary/aromatic N) is 2. The van der Waals surface area contributed by atoms with Gasteiger partial charge in [-0.1, -0.05) is 52.8 Å². The fourth-order valence-corrected chi connectivity index (χ4v) is 3.98. The van der Waals surface area contributed by atoms with Crippen LogP contribution in [0.25, 0.3) is 0 Å². The van der Waals surface area contributed by atoms with Gasteiger partial charge in [0.15, 0.2) is 0 Å². The lowest BCUT2D eigenvalue weighted by Gasteiger charge is -2.46. The smallest absolute Gasteiger partial charge is 0.258 e. The molecule has 4 heteroatoms. The maximum absolute atomic E-state index is 13.3. The van der Waals surface area contributed by atoms with E-state index < -0.39 is 6.04 Å². The van der Waals surface area contributed by atoms with E-state index in [0.717, 1.165) is 6.42 Å². The predicted molar refractivity (Wildman–Crippen MR) is 105 cm³/mol. The van der Waals surface area contributed by atoms with Gasteiger partial charge in [0, 0.05) is 23.5 Å². The highest BCUT2D eigenvalue weighted by Crippen LogP contribution is 2.34. The second-order valence-electron chi connectivity index (χ2n) is 9.32. The molecule has 1 aromatic rings. The van der Waals surface area contributed by atoms with Gasteiger partial charge < -0.3 is 9.80 Å². The maximum Gasteiger partial charge on any atom is 0.258 e. The van der Waals surface area contributed by atoms with Crippen LogP contribution in [-0.4, -0.2) is 33.2 Å². The van der Waals surface area contributed by atoms with Crippen molar-refractivity contribution in [2.75, 3.05) is 0 Å². The first-order valence-electron chi connectivity index (χ1n) is 9.33. The Balaban J connectivity index is 2.37. The summed E-state index contributed by atoms with van der Waals surface area (Å²) in [5.74, 6) is -0.128. The number of benzene rings is 1. The van der Waals surface area contributed by atoms with E-state index in [2.05, 4.69) is 34.6 Å². The number of carbonyl (C=O) groups excluding carboxylic acids is 2. The van der Waals surface area contributed by atoms with Crippen LogP contribution in [0.15, 0.2) is 42.7 Å². The highest BCUT2D eigenvalue weighted by atomic mass is 16.2. The Bertz CT molecular complexity index is 684. The van der Waals surface area contributed by atoms with Crippen LogP contribution in [0.3, 0.4) is 0 Å². The summed E-state index contributed by atoms with van der Waals surface area (Å²) in [5.41, 5.74) is 0.376. The first-order valence-corrected chi connectivity index (χ1v) is 9.33. The Morgan fingerprint density at radius 2 is 1.62 bits per heavy atom. The molecule has 2 amide bonds. The van der Waals surface area contributed by atoms with Crippen LogP contribution in [-0.2, 0) is 4.79 Å². The van der Waals surface area contributed by atoms with Crippen molar-refractivity contribution >= 4 is 11.8 Å². The number of amides is 2. The van der Waals surface area contributed by atoms with Crippen molar-refractivity contribution < 1.29 is 9.59 Å². The monoisotopic (exact) mass is 356 g/mol. The molecule has 0 radical (unpaired) electrons. The van der Waals surface area contributed by atoms with E-state index in [9.17, 15) is 9.59 Å². The van der Waals surface area contributed by atoms with E-state index >= 15 is 0 Å². The summed E-state index contributed by atoms with van der Waals surface area (Å²) in [6.45, 7) is 14.7. The van der Waals surface area contributed by atoms with Crippen molar-refractivity contribution in [2.24, 2.45) is 11.3 Å². The Labute approximate surface area is 157 Å². The molecule has 1 aliphatic heterocycles. The first kappa shape index (κ1) is 20.2. The largest absolute Gasteiger partial charge is 0.310 e. The van der Waals surface area contributed by atoms with E-state index in [-0.39, 0.29) is 28.7 Å². The SMILES string of the molecule is CC(C)C1C(=O)N(C(C)(C)CC(C)(C)C)C=CN1C(=O)c1ccccc1. The normalized spacial score (nSPS) is 18.6. The van der Waals surface area contributed by atoms with Crippen LogP contribution in [0.2, 0.25) is 0 Å². The molecule has 0 spiro atoms. The number of hydrogen-bond donors (Lipinski definition) is 0. The molecule has 0 bridgehead atoms. The number of carbonyl (C=O) groups is 2. The lowest BCUT2D eigenvalue weighted by atomic mass is 9.80. The minimum atomic E-state index is -0.494. The molecule has 142 valence electrons. The highest BCUT2D eigenvalue weighted by Gasteiger charge is 2.43. The van der Waals surface area contributed by atoms with Crippen LogP contribution >= 0.6 is 0 Å².